The Morgan fingerprint density at radius 2 is 1.96 bits per heavy atom. The monoisotopic (exact) mass is 403 g/mol. The molecule has 3 rings (SSSR count). The van der Waals surface area contributed by atoms with Crippen LogP contribution < -0.4 is 5.32 Å². The summed E-state index contributed by atoms with van der Waals surface area (Å²) in [7, 11) is -3.66. The fraction of sp³-hybridized carbons (Fsp3) is 0.368. The van der Waals surface area contributed by atoms with Crippen molar-refractivity contribution in [1.29, 1.82) is 5.26 Å². The van der Waals surface area contributed by atoms with E-state index in [0.29, 0.717) is 35.5 Å². The molecule has 1 aliphatic heterocycles. The van der Waals surface area contributed by atoms with Gasteiger partial charge in [0, 0.05) is 18.7 Å². The van der Waals surface area contributed by atoms with E-state index in [-0.39, 0.29) is 10.5 Å². The van der Waals surface area contributed by atoms with Gasteiger partial charge in [0.1, 0.15) is 11.1 Å². The molecule has 1 aromatic carbocycles. The number of piperidine rings is 1. The molecule has 0 bridgehead atoms. The van der Waals surface area contributed by atoms with Gasteiger partial charge in [-0.15, -0.1) is 11.3 Å². The number of anilines is 1. The van der Waals surface area contributed by atoms with E-state index >= 15 is 0 Å². The summed E-state index contributed by atoms with van der Waals surface area (Å²) in [5.41, 5.74) is 0.625. The highest BCUT2D eigenvalue weighted by Gasteiger charge is 2.32. The van der Waals surface area contributed by atoms with Crippen molar-refractivity contribution in [3.63, 3.8) is 0 Å². The molecule has 0 aliphatic carbocycles. The Labute approximate surface area is 163 Å². The third-order valence-corrected chi connectivity index (χ3v) is 7.24. The van der Waals surface area contributed by atoms with Crippen LogP contribution >= 0.6 is 11.3 Å². The SMILES string of the molecule is CC1CC(C)CN(S(=O)(=O)c2cccc(C(=O)Nc3sccc3C#N)c2)C1. The third-order valence-electron chi connectivity index (χ3n) is 4.58. The van der Waals surface area contributed by atoms with Gasteiger partial charge in [-0.1, -0.05) is 19.9 Å². The van der Waals surface area contributed by atoms with Crippen LogP contribution in [0.25, 0.3) is 0 Å². The molecule has 0 spiro atoms. The van der Waals surface area contributed by atoms with Gasteiger partial charge in [0.2, 0.25) is 10.0 Å². The summed E-state index contributed by atoms with van der Waals surface area (Å²) < 4.78 is 27.6. The van der Waals surface area contributed by atoms with Crippen LogP contribution in [0.1, 0.15) is 36.2 Å². The first-order valence-electron chi connectivity index (χ1n) is 8.70. The molecule has 0 radical (unpaired) electrons. The first-order valence-corrected chi connectivity index (χ1v) is 11.0. The molecule has 1 saturated heterocycles. The van der Waals surface area contributed by atoms with Crippen LogP contribution in [0.5, 0.6) is 0 Å². The average molecular weight is 404 g/mol. The molecule has 27 heavy (non-hydrogen) atoms. The summed E-state index contributed by atoms with van der Waals surface area (Å²) in [4.78, 5) is 12.6. The maximum Gasteiger partial charge on any atom is 0.256 e. The van der Waals surface area contributed by atoms with Gasteiger partial charge in [-0.3, -0.25) is 4.79 Å². The van der Waals surface area contributed by atoms with Crippen molar-refractivity contribution in [3.8, 4) is 6.07 Å². The molecule has 0 saturated carbocycles. The fourth-order valence-corrected chi connectivity index (χ4v) is 5.88. The quantitative estimate of drug-likeness (QED) is 0.845. The predicted molar refractivity (Wildman–Crippen MR) is 105 cm³/mol. The summed E-state index contributed by atoms with van der Waals surface area (Å²) in [6.45, 7) is 5.08. The van der Waals surface area contributed by atoms with E-state index in [2.05, 4.69) is 19.2 Å². The zero-order chi connectivity index (χ0) is 19.6. The number of nitriles is 1. The molecule has 1 fully saturated rings. The zero-order valence-electron chi connectivity index (χ0n) is 15.2. The fourth-order valence-electron chi connectivity index (χ4n) is 3.42. The van der Waals surface area contributed by atoms with Gasteiger partial charge in [-0.25, -0.2) is 8.42 Å². The molecular weight excluding hydrogens is 382 g/mol. The molecule has 142 valence electrons. The van der Waals surface area contributed by atoms with Crippen LogP contribution in [0.2, 0.25) is 0 Å². The van der Waals surface area contributed by atoms with Crippen molar-refractivity contribution in [3.05, 3.63) is 46.8 Å². The second kappa shape index (κ2) is 7.80. The summed E-state index contributed by atoms with van der Waals surface area (Å²) in [6, 6.07) is 9.68. The second-order valence-electron chi connectivity index (χ2n) is 7.03. The summed E-state index contributed by atoms with van der Waals surface area (Å²) in [6.07, 6.45) is 1.01. The number of carbonyl (C=O) groups excluding carboxylic acids is 1. The lowest BCUT2D eigenvalue weighted by Crippen LogP contribution is -2.42. The molecule has 1 aliphatic rings. The minimum Gasteiger partial charge on any atom is -0.312 e. The molecule has 6 nitrogen and oxygen atoms in total. The normalized spacial score (nSPS) is 20.8. The lowest BCUT2D eigenvalue weighted by Gasteiger charge is -2.34. The number of hydrogen-bond donors (Lipinski definition) is 1. The first kappa shape index (κ1) is 19.5. The maximum absolute atomic E-state index is 13.0. The number of thiophene rings is 1. The topological polar surface area (TPSA) is 90.3 Å². The molecular formula is C19H21N3O3S2. The predicted octanol–water partition coefficient (Wildman–Crippen LogP) is 3.54. The van der Waals surface area contributed by atoms with E-state index < -0.39 is 15.9 Å². The van der Waals surface area contributed by atoms with Crippen molar-refractivity contribution < 1.29 is 13.2 Å². The lowest BCUT2D eigenvalue weighted by molar-refractivity contribution is 0.102. The lowest BCUT2D eigenvalue weighted by atomic mass is 9.94. The summed E-state index contributed by atoms with van der Waals surface area (Å²) >= 11 is 1.25. The minimum atomic E-state index is -3.66. The van der Waals surface area contributed by atoms with Gasteiger partial charge in [0.05, 0.1) is 10.5 Å². The molecule has 8 heteroatoms. The number of carbonyl (C=O) groups is 1. The Hall–Kier alpha value is -2.21. The maximum atomic E-state index is 13.0. The number of nitrogens with zero attached hydrogens (tertiary/aromatic N) is 2. The molecule has 2 atom stereocenters. The van der Waals surface area contributed by atoms with Crippen molar-refractivity contribution in [2.45, 2.75) is 25.2 Å². The standard InChI is InChI=1S/C19H21N3O3S2/c1-13-8-14(2)12-22(11-13)27(24,25)17-5-3-4-15(9-17)18(23)21-19-16(10-20)6-7-26-19/h3-7,9,13-14H,8,11-12H2,1-2H3,(H,21,23). The van der Waals surface area contributed by atoms with Crippen LogP contribution in [0.15, 0.2) is 40.6 Å². The Bertz CT molecular complexity index is 982. The number of hydrogen-bond acceptors (Lipinski definition) is 5. The van der Waals surface area contributed by atoms with Gasteiger partial charge < -0.3 is 5.32 Å². The molecule has 2 heterocycles. The van der Waals surface area contributed by atoms with Gasteiger partial charge in [0.15, 0.2) is 0 Å². The van der Waals surface area contributed by atoms with E-state index in [4.69, 9.17) is 5.26 Å². The Morgan fingerprint density at radius 3 is 2.63 bits per heavy atom. The highest BCUT2D eigenvalue weighted by Crippen LogP contribution is 2.27. The van der Waals surface area contributed by atoms with E-state index in [1.807, 2.05) is 6.07 Å². The van der Waals surface area contributed by atoms with Crippen molar-refractivity contribution >= 4 is 32.3 Å². The van der Waals surface area contributed by atoms with Crippen LogP contribution in [-0.2, 0) is 10.0 Å². The van der Waals surface area contributed by atoms with Crippen molar-refractivity contribution in [1.82, 2.24) is 4.31 Å². The average Bonchev–Trinajstić information content (AvgIpc) is 3.08. The Kier molecular flexibility index (Phi) is 5.65. The number of rotatable bonds is 4. The number of amides is 1. The summed E-state index contributed by atoms with van der Waals surface area (Å²) in [5, 5.41) is 13.9. The van der Waals surface area contributed by atoms with E-state index in [0.717, 1.165) is 6.42 Å². The van der Waals surface area contributed by atoms with E-state index in [9.17, 15) is 13.2 Å². The van der Waals surface area contributed by atoms with Gasteiger partial charge in [-0.05, 0) is 47.9 Å². The van der Waals surface area contributed by atoms with Crippen molar-refractivity contribution in [2.24, 2.45) is 11.8 Å². The molecule has 1 amide bonds. The van der Waals surface area contributed by atoms with Gasteiger partial charge in [0.25, 0.3) is 5.91 Å². The first-order chi connectivity index (χ1) is 12.8. The Balaban J connectivity index is 1.84. The third kappa shape index (κ3) is 4.21. The molecule has 2 aromatic rings. The van der Waals surface area contributed by atoms with Crippen LogP contribution in [0, 0.1) is 23.2 Å². The zero-order valence-corrected chi connectivity index (χ0v) is 16.8. The Morgan fingerprint density at radius 1 is 1.26 bits per heavy atom. The highest BCUT2D eigenvalue weighted by atomic mass is 32.2. The molecule has 1 N–H and O–H groups in total. The highest BCUT2D eigenvalue weighted by molar-refractivity contribution is 7.89. The van der Waals surface area contributed by atoms with Gasteiger partial charge in [-0.2, -0.15) is 9.57 Å². The second-order valence-corrected chi connectivity index (χ2v) is 9.88. The smallest absolute Gasteiger partial charge is 0.256 e. The minimum absolute atomic E-state index is 0.114. The molecule has 2 unspecified atom stereocenters. The number of benzene rings is 1. The van der Waals surface area contributed by atoms with Gasteiger partial charge >= 0.3 is 0 Å². The van der Waals surface area contributed by atoms with E-state index in [1.54, 1.807) is 23.6 Å². The largest absolute Gasteiger partial charge is 0.312 e. The van der Waals surface area contributed by atoms with Crippen LogP contribution in [0.4, 0.5) is 5.00 Å². The summed E-state index contributed by atoms with van der Waals surface area (Å²) in [5.74, 6) is 0.169. The number of nitrogens with one attached hydrogen (secondary N) is 1. The van der Waals surface area contributed by atoms with Crippen molar-refractivity contribution in [2.75, 3.05) is 18.4 Å². The van der Waals surface area contributed by atoms with E-state index in [1.165, 1.54) is 27.8 Å². The molecule has 1 aromatic heterocycles. The number of sulfonamides is 1. The van der Waals surface area contributed by atoms with Crippen LogP contribution in [0.3, 0.4) is 0 Å². The van der Waals surface area contributed by atoms with Crippen LogP contribution in [-0.4, -0.2) is 31.7 Å².